The lowest BCUT2D eigenvalue weighted by atomic mass is 10.2. The first kappa shape index (κ1) is 11.2. The second-order valence-electron chi connectivity index (χ2n) is 3.18. The van der Waals surface area contributed by atoms with Gasteiger partial charge in [0.05, 0.1) is 6.61 Å². The molecule has 0 amide bonds. The van der Waals surface area contributed by atoms with Gasteiger partial charge in [0, 0.05) is 5.56 Å². The van der Waals surface area contributed by atoms with Gasteiger partial charge in [-0.3, -0.25) is 0 Å². The minimum atomic E-state index is -2.16. The van der Waals surface area contributed by atoms with Crippen LogP contribution in [0.2, 0.25) is 0 Å². The van der Waals surface area contributed by atoms with E-state index in [-0.39, 0.29) is 0 Å². The Hall–Kier alpha value is -0.900. The molecule has 1 aromatic carbocycles. The highest BCUT2D eigenvalue weighted by atomic mass is 16.8. The second kappa shape index (κ2) is 5.10. The van der Waals surface area contributed by atoms with E-state index in [2.05, 4.69) is 0 Å². The molecule has 0 atom stereocenters. The Morgan fingerprint density at radius 3 is 2.43 bits per heavy atom. The fourth-order valence-corrected chi connectivity index (χ4v) is 1.10. The van der Waals surface area contributed by atoms with Gasteiger partial charge in [-0.25, -0.2) is 0 Å². The molecule has 1 aromatic rings. The summed E-state index contributed by atoms with van der Waals surface area (Å²) in [6.45, 7) is 2.36. The monoisotopic (exact) mass is 196 g/mol. The van der Waals surface area contributed by atoms with Crippen molar-refractivity contribution in [1.29, 1.82) is 0 Å². The average molecular weight is 196 g/mol. The third-order valence-corrected chi connectivity index (χ3v) is 1.95. The SMILES string of the molecule is CCCCOC(O)(O)c1ccccc1. The van der Waals surface area contributed by atoms with Crippen molar-refractivity contribution in [2.45, 2.75) is 25.7 Å². The molecule has 0 bridgehead atoms. The lowest BCUT2D eigenvalue weighted by Gasteiger charge is -2.21. The number of benzene rings is 1. The highest BCUT2D eigenvalue weighted by Crippen LogP contribution is 2.18. The van der Waals surface area contributed by atoms with Crippen molar-refractivity contribution < 1.29 is 14.9 Å². The molecule has 0 unspecified atom stereocenters. The summed E-state index contributed by atoms with van der Waals surface area (Å²) in [4.78, 5) is 0. The molecule has 0 radical (unpaired) electrons. The van der Waals surface area contributed by atoms with Crippen LogP contribution in [0.15, 0.2) is 30.3 Å². The number of hydrogen-bond donors (Lipinski definition) is 2. The molecule has 0 saturated heterocycles. The van der Waals surface area contributed by atoms with Gasteiger partial charge in [0.25, 0.3) is 0 Å². The van der Waals surface area contributed by atoms with Crippen molar-refractivity contribution in [3.8, 4) is 0 Å². The Morgan fingerprint density at radius 2 is 1.86 bits per heavy atom. The van der Waals surface area contributed by atoms with Crippen molar-refractivity contribution in [2.75, 3.05) is 6.61 Å². The molecule has 0 aliphatic carbocycles. The summed E-state index contributed by atoms with van der Waals surface area (Å²) in [6, 6.07) is 8.52. The van der Waals surface area contributed by atoms with Crippen LogP contribution in [0.25, 0.3) is 0 Å². The molecule has 14 heavy (non-hydrogen) atoms. The van der Waals surface area contributed by atoms with Crippen LogP contribution in [-0.2, 0) is 10.7 Å². The topological polar surface area (TPSA) is 49.7 Å². The fraction of sp³-hybridized carbons (Fsp3) is 0.455. The zero-order valence-electron chi connectivity index (χ0n) is 8.31. The quantitative estimate of drug-likeness (QED) is 0.555. The van der Waals surface area contributed by atoms with Gasteiger partial charge >= 0.3 is 5.97 Å². The number of ether oxygens (including phenoxy) is 1. The summed E-state index contributed by atoms with van der Waals surface area (Å²) in [5.41, 5.74) is 0.358. The lowest BCUT2D eigenvalue weighted by molar-refractivity contribution is -0.350. The van der Waals surface area contributed by atoms with E-state index in [9.17, 15) is 10.2 Å². The molecule has 0 saturated carbocycles. The summed E-state index contributed by atoms with van der Waals surface area (Å²) in [7, 11) is 0. The highest BCUT2D eigenvalue weighted by Gasteiger charge is 2.26. The third kappa shape index (κ3) is 3.10. The molecule has 78 valence electrons. The molecule has 0 aromatic heterocycles. The van der Waals surface area contributed by atoms with E-state index in [4.69, 9.17) is 4.74 Å². The van der Waals surface area contributed by atoms with Gasteiger partial charge in [-0.05, 0) is 6.42 Å². The Balaban J connectivity index is 2.56. The van der Waals surface area contributed by atoms with Gasteiger partial charge in [0.1, 0.15) is 0 Å². The van der Waals surface area contributed by atoms with Crippen LogP contribution in [0.1, 0.15) is 25.3 Å². The molecule has 0 heterocycles. The Labute approximate surface area is 84.0 Å². The Kier molecular flexibility index (Phi) is 4.07. The van der Waals surface area contributed by atoms with E-state index in [0.717, 1.165) is 12.8 Å². The van der Waals surface area contributed by atoms with Crippen LogP contribution in [-0.4, -0.2) is 16.8 Å². The van der Waals surface area contributed by atoms with Crippen LogP contribution in [0, 0.1) is 0 Å². The van der Waals surface area contributed by atoms with Crippen molar-refractivity contribution in [3.05, 3.63) is 35.9 Å². The fourth-order valence-electron chi connectivity index (χ4n) is 1.10. The predicted molar refractivity (Wildman–Crippen MR) is 53.4 cm³/mol. The van der Waals surface area contributed by atoms with Crippen molar-refractivity contribution in [3.63, 3.8) is 0 Å². The normalized spacial score (nSPS) is 11.6. The van der Waals surface area contributed by atoms with Gasteiger partial charge in [-0.2, -0.15) is 0 Å². The van der Waals surface area contributed by atoms with Crippen LogP contribution >= 0.6 is 0 Å². The molecule has 1 rings (SSSR count). The predicted octanol–water partition coefficient (Wildman–Crippen LogP) is 1.60. The second-order valence-corrected chi connectivity index (χ2v) is 3.18. The van der Waals surface area contributed by atoms with Gasteiger partial charge in [-0.15, -0.1) is 0 Å². The summed E-state index contributed by atoms with van der Waals surface area (Å²) >= 11 is 0. The molecular weight excluding hydrogens is 180 g/mol. The van der Waals surface area contributed by atoms with Crippen LogP contribution in [0.3, 0.4) is 0 Å². The first-order chi connectivity index (χ1) is 6.67. The summed E-state index contributed by atoms with van der Waals surface area (Å²) < 4.78 is 4.97. The molecule has 2 N–H and O–H groups in total. The molecule has 0 aliphatic rings. The number of rotatable bonds is 5. The highest BCUT2D eigenvalue weighted by molar-refractivity contribution is 5.17. The van der Waals surface area contributed by atoms with E-state index >= 15 is 0 Å². The van der Waals surface area contributed by atoms with Crippen LogP contribution < -0.4 is 0 Å². The lowest BCUT2D eigenvalue weighted by Crippen LogP contribution is -2.29. The van der Waals surface area contributed by atoms with E-state index in [1.807, 2.05) is 13.0 Å². The minimum Gasteiger partial charge on any atom is -0.340 e. The maximum Gasteiger partial charge on any atom is 0.306 e. The maximum atomic E-state index is 9.55. The molecule has 0 fully saturated rings. The molecule has 3 nitrogen and oxygen atoms in total. The van der Waals surface area contributed by atoms with Gasteiger partial charge in [0.15, 0.2) is 0 Å². The van der Waals surface area contributed by atoms with Gasteiger partial charge < -0.3 is 14.9 Å². The largest absolute Gasteiger partial charge is 0.340 e. The smallest absolute Gasteiger partial charge is 0.306 e. The van der Waals surface area contributed by atoms with Crippen molar-refractivity contribution in [2.24, 2.45) is 0 Å². The molecule has 3 heteroatoms. The average Bonchev–Trinajstić information content (AvgIpc) is 2.19. The zero-order valence-corrected chi connectivity index (χ0v) is 8.31. The van der Waals surface area contributed by atoms with E-state index in [1.54, 1.807) is 24.3 Å². The first-order valence-corrected chi connectivity index (χ1v) is 4.81. The Bertz CT molecular complexity index is 256. The van der Waals surface area contributed by atoms with E-state index in [1.165, 1.54) is 0 Å². The molecular formula is C11H16O3. The van der Waals surface area contributed by atoms with Crippen LogP contribution in [0.4, 0.5) is 0 Å². The third-order valence-electron chi connectivity index (χ3n) is 1.95. The Morgan fingerprint density at radius 1 is 1.21 bits per heavy atom. The zero-order chi connectivity index (χ0) is 10.4. The van der Waals surface area contributed by atoms with Gasteiger partial charge in [-0.1, -0.05) is 43.7 Å². The van der Waals surface area contributed by atoms with Crippen molar-refractivity contribution >= 4 is 0 Å². The standard InChI is InChI=1S/C11H16O3/c1-2-3-9-14-11(12,13)10-7-5-4-6-8-10/h4-8,12-13H,2-3,9H2,1H3. The number of hydrogen-bond acceptors (Lipinski definition) is 3. The summed E-state index contributed by atoms with van der Waals surface area (Å²) in [5, 5.41) is 19.1. The maximum absolute atomic E-state index is 9.55. The summed E-state index contributed by atoms with van der Waals surface area (Å²) in [6.07, 6.45) is 1.78. The summed E-state index contributed by atoms with van der Waals surface area (Å²) in [5.74, 6) is -2.16. The van der Waals surface area contributed by atoms with E-state index in [0.29, 0.717) is 12.2 Å². The number of unbranched alkanes of at least 4 members (excludes halogenated alkanes) is 1. The molecule has 0 spiro atoms. The van der Waals surface area contributed by atoms with Crippen molar-refractivity contribution in [1.82, 2.24) is 0 Å². The van der Waals surface area contributed by atoms with Crippen LogP contribution in [0.5, 0.6) is 0 Å². The molecule has 0 aliphatic heterocycles. The first-order valence-electron chi connectivity index (χ1n) is 4.81. The minimum absolute atomic E-state index is 0.346. The van der Waals surface area contributed by atoms with Gasteiger partial charge in [0.2, 0.25) is 0 Å². The number of aliphatic hydroxyl groups is 2. The van der Waals surface area contributed by atoms with E-state index < -0.39 is 5.97 Å².